The topological polar surface area (TPSA) is 67.9 Å². The summed E-state index contributed by atoms with van der Waals surface area (Å²) in [6.07, 6.45) is 0.821. The number of aryl methyl sites for hydroxylation is 1. The number of nitrogens with one attached hydrogen (secondary N) is 1. The Balaban J connectivity index is 2.16. The van der Waals surface area contributed by atoms with E-state index in [1.807, 2.05) is 69.3 Å². The van der Waals surface area contributed by atoms with Crippen LogP contribution >= 0.6 is 0 Å². The number of rotatable bonds is 10. The summed E-state index contributed by atoms with van der Waals surface area (Å²) in [7, 11) is 1.61. The number of carbonyl (C=O) groups is 2. The van der Waals surface area contributed by atoms with Crippen molar-refractivity contribution in [3.05, 3.63) is 59.7 Å². The van der Waals surface area contributed by atoms with Crippen LogP contribution in [-0.4, -0.2) is 42.5 Å². The van der Waals surface area contributed by atoms with Gasteiger partial charge in [-0.3, -0.25) is 9.59 Å². The monoisotopic (exact) mass is 412 g/mol. The molecule has 2 aromatic carbocycles. The van der Waals surface area contributed by atoms with Crippen LogP contribution in [0.25, 0.3) is 0 Å². The number of amides is 2. The molecule has 0 aromatic heterocycles. The van der Waals surface area contributed by atoms with Gasteiger partial charge in [-0.15, -0.1) is 0 Å². The van der Waals surface area contributed by atoms with Crippen LogP contribution in [0.15, 0.2) is 48.5 Å². The van der Waals surface area contributed by atoms with Gasteiger partial charge < -0.3 is 19.7 Å². The minimum absolute atomic E-state index is 0.0427. The number of para-hydroxylation sites is 1. The maximum Gasteiger partial charge on any atom is 0.261 e. The molecule has 0 aliphatic carbocycles. The molecule has 2 aromatic rings. The van der Waals surface area contributed by atoms with Gasteiger partial charge in [-0.1, -0.05) is 37.3 Å². The molecule has 2 rings (SSSR count). The van der Waals surface area contributed by atoms with Gasteiger partial charge in [0.15, 0.2) is 6.61 Å². The second-order valence-corrected chi connectivity index (χ2v) is 7.42. The summed E-state index contributed by atoms with van der Waals surface area (Å²) in [5.41, 5.74) is 1.86. The smallest absolute Gasteiger partial charge is 0.261 e. The Bertz CT molecular complexity index is 835. The van der Waals surface area contributed by atoms with Gasteiger partial charge in [-0.05, 0) is 56.5 Å². The molecule has 0 unspecified atom stereocenters. The minimum Gasteiger partial charge on any atom is -0.497 e. The second-order valence-electron chi connectivity index (χ2n) is 7.42. The molecule has 0 radical (unpaired) electrons. The average molecular weight is 413 g/mol. The largest absolute Gasteiger partial charge is 0.497 e. The molecule has 30 heavy (non-hydrogen) atoms. The third kappa shape index (κ3) is 6.51. The Morgan fingerprint density at radius 3 is 2.33 bits per heavy atom. The summed E-state index contributed by atoms with van der Waals surface area (Å²) >= 11 is 0. The van der Waals surface area contributed by atoms with Crippen molar-refractivity contribution in [3.63, 3.8) is 0 Å². The molecule has 0 saturated heterocycles. The van der Waals surface area contributed by atoms with Gasteiger partial charge >= 0.3 is 0 Å². The minimum atomic E-state index is -0.630. The lowest BCUT2D eigenvalue weighted by molar-refractivity contribution is -0.142. The van der Waals surface area contributed by atoms with Gasteiger partial charge in [0.2, 0.25) is 5.91 Å². The van der Waals surface area contributed by atoms with Gasteiger partial charge in [0, 0.05) is 12.6 Å². The Morgan fingerprint density at radius 1 is 1.07 bits per heavy atom. The molecule has 2 amide bonds. The summed E-state index contributed by atoms with van der Waals surface area (Å²) in [6.45, 7) is 7.79. The maximum absolute atomic E-state index is 13.1. The molecule has 0 spiro atoms. The number of methoxy groups -OCH3 is 1. The molecule has 0 heterocycles. The second kappa shape index (κ2) is 11.2. The molecule has 0 fully saturated rings. The van der Waals surface area contributed by atoms with Gasteiger partial charge in [0.25, 0.3) is 5.91 Å². The summed E-state index contributed by atoms with van der Waals surface area (Å²) in [5, 5.41) is 2.96. The van der Waals surface area contributed by atoms with E-state index in [4.69, 9.17) is 9.47 Å². The van der Waals surface area contributed by atoms with E-state index in [-0.39, 0.29) is 24.5 Å². The van der Waals surface area contributed by atoms with Gasteiger partial charge in [-0.25, -0.2) is 0 Å². The highest BCUT2D eigenvalue weighted by molar-refractivity contribution is 5.88. The van der Waals surface area contributed by atoms with Crippen LogP contribution in [0, 0.1) is 6.92 Å². The summed E-state index contributed by atoms with van der Waals surface area (Å²) in [5.74, 6) is 0.969. The lowest BCUT2D eigenvalue weighted by Crippen LogP contribution is -2.50. The maximum atomic E-state index is 13.1. The van der Waals surface area contributed by atoms with Crippen molar-refractivity contribution in [1.82, 2.24) is 10.2 Å². The van der Waals surface area contributed by atoms with Crippen LogP contribution in [0.3, 0.4) is 0 Å². The number of benzene rings is 2. The molecule has 0 bridgehead atoms. The standard InChI is InChI=1S/C24H32N2O4/c1-6-18(3)25-24(28)19(4)26(15-20-11-13-21(29-5)14-12-20)23(27)16-30-22-10-8-7-9-17(22)2/h7-14,18-19H,6,15-16H2,1-5H3,(H,25,28)/t18-,19-/m1/s1. The van der Waals surface area contributed by atoms with E-state index in [9.17, 15) is 9.59 Å². The van der Waals surface area contributed by atoms with Gasteiger partial charge in [0.1, 0.15) is 17.5 Å². The molecular weight excluding hydrogens is 380 g/mol. The highest BCUT2D eigenvalue weighted by Gasteiger charge is 2.27. The van der Waals surface area contributed by atoms with Crippen molar-refractivity contribution in [1.29, 1.82) is 0 Å². The van der Waals surface area contributed by atoms with Crippen molar-refractivity contribution >= 4 is 11.8 Å². The average Bonchev–Trinajstić information content (AvgIpc) is 2.76. The van der Waals surface area contributed by atoms with Crippen molar-refractivity contribution in [2.24, 2.45) is 0 Å². The van der Waals surface area contributed by atoms with E-state index >= 15 is 0 Å². The third-order valence-electron chi connectivity index (χ3n) is 5.13. The molecule has 6 heteroatoms. The van der Waals surface area contributed by atoms with E-state index in [0.717, 1.165) is 23.3 Å². The summed E-state index contributed by atoms with van der Waals surface area (Å²) in [6, 6.07) is 14.4. The van der Waals surface area contributed by atoms with E-state index in [2.05, 4.69) is 5.32 Å². The third-order valence-corrected chi connectivity index (χ3v) is 5.13. The fourth-order valence-corrected chi connectivity index (χ4v) is 2.92. The lowest BCUT2D eigenvalue weighted by Gasteiger charge is -2.29. The van der Waals surface area contributed by atoms with Gasteiger partial charge in [0.05, 0.1) is 7.11 Å². The van der Waals surface area contributed by atoms with Crippen molar-refractivity contribution in [3.8, 4) is 11.5 Å². The molecule has 162 valence electrons. The number of nitrogens with zero attached hydrogens (tertiary/aromatic N) is 1. The molecule has 1 N–H and O–H groups in total. The Kier molecular flexibility index (Phi) is 8.71. The predicted octanol–water partition coefficient (Wildman–Crippen LogP) is 3.71. The highest BCUT2D eigenvalue weighted by atomic mass is 16.5. The van der Waals surface area contributed by atoms with E-state index in [0.29, 0.717) is 12.3 Å². The Morgan fingerprint density at radius 2 is 1.73 bits per heavy atom. The van der Waals surface area contributed by atoms with Crippen LogP contribution < -0.4 is 14.8 Å². The van der Waals surface area contributed by atoms with Crippen LogP contribution in [-0.2, 0) is 16.1 Å². The number of hydrogen-bond donors (Lipinski definition) is 1. The summed E-state index contributed by atoms with van der Waals surface area (Å²) < 4.78 is 10.9. The predicted molar refractivity (Wildman–Crippen MR) is 118 cm³/mol. The van der Waals surface area contributed by atoms with E-state index < -0.39 is 6.04 Å². The number of hydrogen-bond acceptors (Lipinski definition) is 4. The fourth-order valence-electron chi connectivity index (χ4n) is 2.92. The molecule has 2 atom stereocenters. The first kappa shape index (κ1) is 23.3. The van der Waals surface area contributed by atoms with Crippen LogP contribution in [0.2, 0.25) is 0 Å². The fraction of sp³-hybridized carbons (Fsp3) is 0.417. The molecule has 0 aliphatic heterocycles. The van der Waals surface area contributed by atoms with Crippen LogP contribution in [0.4, 0.5) is 0 Å². The van der Waals surface area contributed by atoms with Crippen molar-refractivity contribution in [2.45, 2.75) is 52.7 Å². The first-order valence-corrected chi connectivity index (χ1v) is 10.3. The zero-order valence-corrected chi connectivity index (χ0v) is 18.5. The normalized spacial score (nSPS) is 12.6. The Hall–Kier alpha value is -3.02. The molecule has 6 nitrogen and oxygen atoms in total. The Labute approximate surface area is 179 Å². The summed E-state index contributed by atoms with van der Waals surface area (Å²) in [4.78, 5) is 27.3. The van der Waals surface area contributed by atoms with Crippen LogP contribution in [0.1, 0.15) is 38.3 Å². The first-order chi connectivity index (χ1) is 14.3. The SMILES string of the molecule is CC[C@@H](C)NC(=O)[C@@H](C)N(Cc1ccc(OC)cc1)C(=O)COc1ccccc1C. The number of carbonyl (C=O) groups excluding carboxylic acids is 2. The lowest BCUT2D eigenvalue weighted by atomic mass is 10.1. The molecule has 0 aliphatic rings. The van der Waals surface area contributed by atoms with Crippen molar-refractivity contribution in [2.75, 3.05) is 13.7 Å². The van der Waals surface area contributed by atoms with Crippen molar-refractivity contribution < 1.29 is 19.1 Å². The van der Waals surface area contributed by atoms with E-state index in [1.165, 1.54) is 0 Å². The highest BCUT2D eigenvalue weighted by Crippen LogP contribution is 2.18. The van der Waals surface area contributed by atoms with Crippen LogP contribution in [0.5, 0.6) is 11.5 Å². The zero-order chi connectivity index (χ0) is 22.1. The quantitative estimate of drug-likeness (QED) is 0.646. The van der Waals surface area contributed by atoms with E-state index in [1.54, 1.807) is 18.9 Å². The number of ether oxygens (including phenoxy) is 2. The zero-order valence-electron chi connectivity index (χ0n) is 18.5. The first-order valence-electron chi connectivity index (χ1n) is 10.3. The molecule has 0 saturated carbocycles. The van der Waals surface area contributed by atoms with Gasteiger partial charge in [-0.2, -0.15) is 0 Å². The molecular formula is C24H32N2O4.